The standard InChI is InChI=1S/C29H30N6O2/c1-20-26(33-28(36)24-8-9-27(32-18-24)34-12-2-3-13-34)16-25(19-31-20)29(37)35-14-10-23(11-15-35)22-6-4-21(17-30)5-7-22/h4-9,16,18-19,23H,2-3,10-15H2,1H3,(H,33,36). The molecule has 188 valence electrons. The van der Waals surface area contributed by atoms with Crippen molar-refractivity contribution in [2.24, 2.45) is 0 Å². The summed E-state index contributed by atoms with van der Waals surface area (Å²) in [5.74, 6) is 0.895. The van der Waals surface area contributed by atoms with Crippen LogP contribution in [-0.4, -0.2) is 52.9 Å². The Hall–Kier alpha value is -4.25. The Balaban J connectivity index is 1.21. The van der Waals surface area contributed by atoms with Crippen molar-refractivity contribution < 1.29 is 9.59 Å². The molecule has 0 spiro atoms. The van der Waals surface area contributed by atoms with Crippen LogP contribution in [-0.2, 0) is 0 Å². The molecule has 8 nitrogen and oxygen atoms in total. The molecule has 2 aliphatic rings. The molecule has 1 N–H and O–H groups in total. The molecule has 2 amide bonds. The molecule has 0 bridgehead atoms. The minimum absolute atomic E-state index is 0.0853. The molecular weight excluding hydrogens is 464 g/mol. The van der Waals surface area contributed by atoms with Crippen molar-refractivity contribution in [1.82, 2.24) is 14.9 Å². The maximum Gasteiger partial charge on any atom is 0.257 e. The van der Waals surface area contributed by atoms with Gasteiger partial charge in [-0.15, -0.1) is 0 Å². The molecule has 2 fully saturated rings. The molecule has 0 aliphatic carbocycles. The van der Waals surface area contributed by atoms with Crippen LogP contribution in [0.1, 0.15) is 69.1 Å². The third-order valence-corrected chi connectivity index (χ3v) is 7.32. The number of carbonyl (C=O) groups is 2. The van der Waals surface area contributed by atoms with Crippen molar-refractivity contribution in [2.75, 3.05) is 36.4 Å². The molecule has 2 aliphatic heterocycles. The Morgan fingerprint density at radius 3 is 2.30 bits per heavy atom. The van der Waals surface area contributed by atoms with Crippen LogP contribution < -0.4 is 10.2 Å². The number of amides is 2. The number of piperidine rings is 1. The van der Waals surface area contributed by atoms with Crippen molar-refractivity contribution in [2.45, 2.75) is 38.5 Å². The zero-order valence-electron chi connectivity index (χ0n) is 21.0. The maximum atomic E-state index is 13.2. The van der Waals surface area contributed by atoms with Crippen molar-refractivity contribution in [3.05, 3.63) is 82.8 Å². The number of nitrogens with one attached hydrogen (secondary N) is 1. The van der Waals surface area contributed by atoms with Gasteiger partial charge in [-0.05, 0) is 74.4 Å². The Morgan fingerprint density at radius 2 is 1.65 bits per heavy atom. The highest BCUT2D eigenvalue weighted by Gasteiger charge is 2.25. The number of hydrogen-bond acceptors (Lipinski definition) is 6. The molecule has 2 aromatic heterocycles. The lowest BCUT2D eigenvalue weighted by Crippen LogP contribution is -2.38. The van der Waals surface area contributed by atoms with Gasteiger partial charge in [0.2, 0.25) is 0 Å². The number of likely N-dealkylation sites (tertiary alicyclic amines) is 1. The number of nitriles is 1. The largest absolute Gasteiger partial charge is 0.357 e. The zero-order chi connectivity index (χ0) is 25.8. The van der Waals surface area contributed by atoms with Crippen molar-refractivity contribution in [3.8, 4) is 6.07 Å². The highest BCUT2D eigenvalue weighted by Crippen LogP contribution is 2.29. The van der Waals surface area contributed by atoms with Gasteiger partial charge in [0.05, 0.1) is 34.1 Å². The van der Waals surface area contributed by atoms with Crippen molar-refractivity contribution >= 4 is 23.3 Å². The first-order valence-electron chi connectivity index (χ1n) is 12.8. The second kappa shape index (κ2) is 10.8. The fourth-order valence-electron chi connectivity index (χ4n) is 5.05. The Bertz CT molecular complexity index is 1320. The van der Waals surface area contributed by atoms with E-state index in [1.54, 1.807) is 24.5 Å². The number of nitrogens with zero attached hydrogens (tertiary/aromatic N) is 5. The monoisotopic (exact) mass is 494 g/mol. The SMILES string of the molecule is Cc1ncc(C(=O)N2CCC(c3ccc(C#N)cc3)CC2)cc1NC(=O)c1ccc(N2CCCC2)nc1. The average molecular weight is 495 g/mol. The summed E-state index contributed by atoms with van der Waals surface area (Å²) in [5.41, 5.74) is 3.94. The first kappa shape index (κ1) is 24.4. The first-order chi connectivity index (χ1) is 18.0. The first-order valence-corrected chi connectivity index (χ1v) is 12.8. The van der Waals surface area contributed by atoms with E-state index < -0.39 is 0 Å². The number of anilines is 2. The molecule has 5 rings (SSSR count). The quantitative estimate of drug-likeness (QED) is 0.559. The van der Waals surface area contributed by atoms with Gasteiger partial charge in [-0.2, -0.15) is 5.26 Å². The van der Waals surface area contributed by atoms with Gasteiger partial charge in [0.25, 0.3) is 11.8 Å². The van der Waals surface area contributed by atoms with Gasteiger partial charge in [0.1, 0.15) is 5.82 Å². The number of aryl methyl sites for hydroxylation is 1. The van der Waals surface area contributed by atoms with E-state index in [4.69, 9.17) is 5.26 Å². The fourth-order valence-corrected chi connectivity index (χ4v) is 5.05. The Morgan fingerprint density at radius 1 is 0.946 bits per heavy atom. The minimum atomic E-state index is -0.279. The molecule has 0 unspecified atom stereocenters. The summed E-state index contributed by atoms with van der Waals surface area (Å²) in [5, 5.41) is 11.9. The molecule has 0 radical (unpaired) electrons. The number of carbonyl (C=O) groups excluding carboxylic acids is 2. The summed E-state index contributed by atoms with van der Waals surface area (Å²) in [6.07, 6.45) is 7.23. The highest BCUT2D eigenvalue weighted by molar-refractivity contribution is 6.05. The summed E-state index contributed by atoms with van der Waals surface area (Å²) in [6.45, 7) is 5.10. The van der Waals surface area contributed by atoms with Crippen molar-refractivity contribution in [3.63, 3.8) is 0 Å². The number of benzene rings is 1. The van der Waals surface area contributed by atoms with Gasteiger partial charge in [-0.1, -0.05) is 12.1 Å². The second-order valence-electron chi connectivity index (χ2n) is 9.71. The van der Waals surface area contributed by atoms with Crippen LogP contribution in [0.25, 0.3) is 0 Å². The predicted molar refractivity (Wildman–Crippen MR) is 142 cm³/mol. The maximum absolute atomic E-state index is 13.2. The number of rotatable bonds is 5. The molecule has 0 atom stereocenters. The summed E-state index contributed by atoms with van der Waals surface area (Å²) in [4.78, 5) is 39.0. The van der Waals surface area contributed by atoms with Gasteiger partial charge in [0.15, 0.2) is 0 Å². The van der Waals surface area contributed by atoms with Gasteiger partial charge in [-0.25, -0.2) is 4.98 Å². The lowest BCUT2D eigenvalue weighted by atomic mass is 9.89. The topological polar surface area (TPSA) is 102 Å². The van der Waals surface area contributed by atoms with E-state index in [1.807, 2.05) is 42.2 Å². The predicted octanol–water partition coefficient (Wildman–Crippen LogP) is 4.53. The van der Waals surface area contributed by atoms with E-state index >= 15 is 0 Å². The van der Waals surface area contributed by atoms with Crippen molar-refractivity contribution in [1.29, 1.82) is 5.26 Å². The summed E-state index contributed by atoms with van der Waals surface area (Å²) < 4.78 is 0. The van der Waals surface area contributed by atoms with Gasteiger partial charge >= 0.3 is 0 Å². The molecule has 4 heterocycles. The molecule has 3 aromatic rings. The van der Waals surface area contributed by atoms with E-state index in [1.165, 1.54) is 18.4 Å². The lowest BCUT2D eigenvalue weighted by Gasteiger charge is -2.32. The molecule has 8 heteroatoms. The van der Waals surface area contributed by atoms with Gasteiger partial charge in [0, 0.05) is 38.6 Å². The minimum Gasteiger partial charge on any atom is -0.357 e. The zero-order valence-corrected chi connectivity index (χ0v) is 21.0. The van der Waals surface area contributed by atoms with Gasteiger partial charge < -0.3 is 15.1 Å². The average Bonchev–Trinajstić information content (AvgIpc) is 3.49. The second-order valence-corrected chi connectivity index (χ2v) is 9.71. The Labute approximate surface area is 217 Å². The van der Waals surface area contributed by atoms with Crippen LogP contribution in [0, 0.1) is 18.3 Å². The molecule has 37 heavy (non-hydrogen) atoms. The highest BCUT2D eigenvalue weighted by atomic mass is 16.2. The third kappa shape index (κ3) is 5.46. The van der Waals surface area contributed by atoms with Crippen LogP contribution >= 0.6 is 0 Å². The van der Waals surface area contributed by atoms with E-state index in [0.717, 1.165) is 31.7 Å². The molecular formula is C29H30N6O2. The molecule has 0 saturated carbocycles. The number of pyridine rings is 2. The van der Waals surface area contributed by atoms with Crippen LogP contribution in [0.5, 0.6) is 0 Å². The Kier molecular flexibility index (Phi) is 7.13. The van der Waals surface area contributed by atoms with E-state index in [-0.39, 0.29) is 11.8 Å². The van der Waals surface area contributed by atoms with Crippen LogP contribution in [0.2, 0.25) is 0 Å². The van der Waals surface area contributed by atoms with Crippen LogP contribution in [0.4, 0.5) is 11.5 Å². The van der Waals surface area contributed by atoms with Crippen LogP contribution in [0.15, 0.2) is 54.9 Å². The van der Waals surface area contributed by atoms with Crippen LogP contribution in [0.3, 0.4) is 0 Å². The molecule has 2 saturated heterocycles. The molecule has 1 aromatic carbocycles. The van der Waals surface area contributed by atoms with E-state index in [0.29, 0.717) is 47.1 Å². The van der Waals surface area contributed by atoms with E-state index in [2.05, 4.69) is 26.3 Å². The third-order valence-electron chi connectivity index (χ3n) is 7.32. The van der Waals surface area contributed by atoms with E-state index in [9.17, 15) is 9.59 Å². The lowest BCUT2D eigenvalue weighted by molar-refractivity contribution is 0.0712. The number of hydrogen-bond donors (Lipinski definition) is 1. The fraction of sp³-hybridized carbons (Fsp3) is 0.345. The summed E-state index contributed by atoms with van der Waals surface area (Å²) >= 11 is 0. The summed E-state index contributed by atoms with van der Waals surface area (Å²) in [7, 11) is 0. The van der Waals surface area contributed by atoms with Gasteiger partial charge in [-0.3, -0.25) is 14.6 Å². The normalized spacial score (nSPS) is 15.9. The number of aromatic nitrogens is 2. The smallest absolute Gasteiger partial charge is 0.257 e. The summed E-state index contributed by atoms with van der Waals surface area (Å²) in [6, 6.07) is 15.2.